The molecule has 1 saturated heterocycles. The zero-order chi connectivity index (χ0) is 15.2. The zero-order valence-corrected chi connectivity index (χ0v) is 13.5. The van der Waals surface area contributed by atoms with Crippen molar-refractivity contribution in [3.63, 3.8) is 0 Å². The summed E-state index contributed by atoms with van der Waals surface area (Å²) in [5, 5.41) is 3.54. The van der Waals surface area contributed by atoms with Gasteiger partial charge in [0.25, 0.3) is 0 Å². The number of carbonyl (C=O) groups is 1. The van der Waals surface area contributed by atoms with E-state index in [-0.39, 0.29) is 5.92 Å². The van der Waals surface area contributed by atoms with Crippen LogP contribution in [0.25, 0.3) is 0 Å². The van der Waals surface area contributed by atoms with Crippen molar-refractivity contribution in [3.05, 3.63) is 23.7 Å². The van der Waals surface area contributed by atoms with Crippen molar-refractivity contribution in [2.24, 2.45) is 5.92 Å². The average Bonchev–Trinajstić information content (AvgIpc) is 2.92. The van der Waals surface area contributed by atoms with Crippen molar-refractivity contribution in [1.29, 1.82) is 0 Å². The highest BCUT2D eigenvalue weighted by Gasteiger charge is 2.26. The largest absolute Gasteiger partial charge is 0.465 e. The number of furan rings is 1. The molecule has 0 aromatic carbocycles. The molecular formula is C17H28N2O2. The predicted octanol–water partition coefficient (Wildman–Crippen LogP) is 3.10. The van der Waals surface area contributed by atoms with E-state index in [9.17, 15) is 4.79 Å². The van der Waals surface area contributed by atoms with Gasteiger partial charge in [0.1, 0.15) is 11.5 Å². The highest BCUT2D eigenvalue weighted by Crippen LogP contribution is 2.17. The molecule has 0 spiro atoms. The number of aryl methyl sites for hydroxylation is 1. The zero-order valence-electron chi connectivity index (χ0n) is 13.5. The van der Waals surface area contributed by atoms with Gasteiger partial charge in [-0.1, -0.05) is 13.8 Å². The van der Waals surface area contributed by atoms with E-state index in [0.717, 1.165) is 56.8 Å². The molecule has 0 unspecified atom stereocenters. The molecule has 1 fully saturated rings. The number of likely N-dealkylation sites (tertiary alicyclic amines) is 1. The van der Waals surface area contributed by atoms with Crippen LogP contribution in [0.1, 0.15) is 51.1 Å². The third kappa shape index (κ3) is 4.34. The van der Waals surface area contributed by atoms with Gasteiger partial charge in [-0.3, -0.25) is 4.79 Å². The molecule has 1 aliphatic rings. The molecule has 0 radical (unpaired) electrons. The molecule has 4 heteroatoms. The van der Waals surface area contributed by atoms with E-state index in [0.29, 0.717) is 11.9 Å². The maximum absolute atomic E-state index is 12.3. The fourth-order valence-corrected chi connectivity index (χ4v) is 3.03. The van der Waals surface area contributed by atoms with Gasteiger partial charge >= 0.3 is 0 Å². The Balaban J connectivity index is 1.74. The molecule has 0 saturated carbocycles. The second-order valence-electron chi connectivity index (χ2n) is 6.01. The second-order valence-corrected chi connectivity index (χ2v) is 6.01. The molecule has 21 heavy (non-hydrogen) atoms. The number of nitrogens with zero attached hydrogens (tertiary/aromatic N) is 1. The Kier molecular flexibility index (Phi) is 5.85. The molecule has 1 aliphatic heterocycles. The molecule has 1 amide bonds. The van der Waals surface area contributed by atoms with Crippen LogP contribution in [0.5, 0.6) is 0 Å². The van der Waals surface area contributed by atoms with Gasteiger partial charge in [-0.05, 0) is 44.7 Å². The van der Waals surface area contributed by atoms with Gasteiger partial charge in [0.05, 0.1) is 6.54 Å². The number of rotatable bonds is 6. The van der Waals surface area contributed by atoms with Crippen LogP contribution in [0, 0.1) is 12.8 Å². The summed E-state index contributed by atoms with van der Waals surface area (Å²) in [7, 11) is 0. The van der Waals surface area contributed by atoms with Gasteiger partial charge in [0.15, 0.2) is 0 Å². The number of piperidine rings is 1. The Morgan fingerprint density at radius 1 is 1.33 bits per heavy atom. The van der Waals surface area contributed by atoms with Crippen molar-refractivity contribution in [3.8, 4) is 0 Å². The lowest BCUT2D eigenvalue weighted by atomic mass is 9.98. The number of nitrogens with one attached hydrogen (secondary N) is 1. The standard InChI is InChI=1S/C17H28N2O2/c1-4-14(5-2)17(20)19-10-8-15(9-11-19)18-12-16-7-6-13(3)21-16/h6-7,14-15,18H,4-5,8-12H2,1-3H3. The molecule has 4 nitrogen and oxygen atoms in total. The molecule has 2 heterocycles. The van der Waals surface area contributed by atoms with Crippen molar-refractivity contribution in [2.75, 3.05) is 13.1 Å². The molecule has 1 N–H and O–H groups in total. The maximum Gasteiger partial charge on any atom is 0.225 e. The topological polar surface area (TPSA) is 45.5 Å². The van der Waals surface area contributed by atoms with Gasteiger partial charge < -0.3 is 14.6 Å². The Morgan fingerprint density at radius 2 is 2.00 bits per heavy atom. The van der Waals surface area contributed by atoms with Crippen molar-refractivity contribution >= 4 is 5.91 Å². The first-order chi connectivity index (χ1) is 10.1. The number of amides is 1. The summed E-state index contributed by atoms with van der Waals surface area (Å²) < 4.78 is 5.57. The van der Waals surface area contributed by atoms with Crippen LogP contribution >= 0.6 is 0 Å². The Morgan fingerprint density at radius 3 is 2.52 bits per heavy atom. The summed E-state index contributed by atoms with van der Waals surface area (Å²) in [6, 6.07) is 4.50. The Bertz CT molecular complexity index is 443. The molecule has 2 rings (SSSR count). The molecule has 0 atom stereocenters. The average molecular weight is 292 g/mol. The normalized spacial score (nSPS) is 16.7. The van der Waals surface area contributed by atoms with E-state index in [1.165, 1.54) is 0 Å². The third-order valence-corrected chi connectivity index (χ3v) is 4.50. The van der Waals surface area contributed by atoms with Crippen molar-refractivity contribution in [2.45, 2.75) is 59.0 Å². The SMILES string of the molecule is CCC(CC)C(=O)N1CCC(NCc2ccc(C)o2)CC1. The van der Waals surface area contributed by atoms with Gasteiger partial charge in [0.2, 0.25) is 5.91 Å². The van der Waals surface area contributed by atoms with E-state index in [1.807, 2.05) is 24.0 Å². The molecule has 0 aliphatic carbocycles. The van der Waals surface area contributed by atoms with Crippen LogP contribution < -0.4 is 5.32 Å². The summed E-state index contributed by atoms with van der Waals surface area (Å²) in [5.41, 5.74) is 0. The summed E-state index contributed by atoms with van der Waals surface area (Å²) in [5.74, 6) is 2.50. The lowest BCUT2D eigenvalue weighted by Gasteiger charge is -2.34. The van der Waals surface area contributed by atoms with Crippen LogP contribution in [0.2, 0.25) is 0 Å². The van der Waals surface area contributed by atoms with E-state index in [1.54, 1.807) is 0 Å². The fourth-order valence-electron chi connectivity index (χ4n) is 3.03. The maximum atomic E-state index is 12.3. The van der Waals surface area contributed by atoms with Gasteiger partial charge in [0, 0.05) is 25.0 Å². The summed E-state index contributed by atoms with van der Waals surface area (Å²) in [6.45, 7) is 8.70. The van der Waals surface area contributed by atoms with Crippen LogP contribution in [0.15, 0.2) is 16.5 Å². The second kappa shape index (κ2) is 7.64. The van der Waals surface area contributed by atoms with E-state index in [2.05, 4.69) is 19.2 Å². The van der Waals surface area contributed by atoms with Gasteiger partial charge in [-0.2, -0.15) is 0 Å². The monoisotopic (exact) mass is 292 g/mol. The molecular weight excluding hydrogens is 264 g/mol. The lowest BCUT2D eigenvalue weighted by molar-refractivity contribution is -0.136. The predicted molar refractivity (Wildman–Crippen MR) is 84.0 cm³/mol. The van der Waals surface area contributed by atoms with Crippen LogP contribution in [0.4, 0.5) is 0 Å². The van der Waals surface area contributed by atoms with Crippen LogP contribution in [0.3, 0.4) is 0 Å². The molecule has 1 aromatic rings. The lowest BCUT2D eigenvalue weighted by Crippen LogP contribution is -2.46. The summed E-state index contributed by atoms with van der Waals surface area (Å²) in [4.78, 5) is 14.4. The Labute approximate surface area is 127 Å². The summed E-state index contributed by atoms with van der Waals surface area (Å²) in [6.07, 6.45) is 3.97. The van der Waals surface area contributed by atoms with Crippen LogP contribution in [-0.2, 0) is 11.3 Å². The first-order valence-electron chi connectivity index (χ1n) is 8.21. The highest BCUT2D eigenvalue weighted by atomic mass is 16.3. The van der Waals surface area contributed by atoms with Gasteiger partial charge in [-0.25, -0.2) is 0 Å². The highest BCUT2D eigenvalue weighted by molar-refractivity contribution is 5.78. The summed E-state index contributed by atoms with van der Waals surface area (Å²) >= 11 is 0. The number of hydrogen-bond acceptors (Lipinski definition) is 3. The van der Waals surface area contributed by atoms with Crippen molar-refractivity contribution < 1.29 is 9.21 Å². The van der Waals surface area contributed by atoms with Gasteiger partial charge in [-0.15, -0.1) is 0 Å². The first kappa shape index (κ1) is 16.1. The Hall–Kier alpha value is -1.29. The minimum atomic E-state index is 0.209. The quantitative estimate of drug-likeness (QED) is 0.876. The van der Waals surface area contributed by atoms with E-state index in [4.69, 9.17) is 4.42 Å². The molecule has 0 bridgehead atoms. The minimum Gasteiger partial charge on any atom is -0.465 e. The van der Waals surface area contributed by atoms with E-state index < -0.39 is 0 Å². The van der Waals surface area contributed by atoms with Crippen molar-refractivity contribution in [1.82, 2.24) is 10.2 Å². The minimum absolute atomic E-state index is 0.209. The molecule has 118 valence electrons. The smallest absolute Gasteiger partial charge is 0.225 e. The number of carbonyl (C=O) groups excluding carboxylic acids is 1. The van der Waals surface area contributed by atoms with E-state index >= 15 is 0 Å². The van der Waals surface area contributed by atoms with Crippen LogP contribution in [-0.4, -0.2) is 29.9 Å². The molecule has 1 aromatic heterocycles. The third-order valence-electron chi connectivity index (χ3n) is 4.50. The number of hydrogen-bond donors (Lipinski definition) is 1. The fraction of sp³-hybridized carbons (Fsp3) is 0.706. The first-order valence-corrected chi connectivity index (χ1v) is 8.21.